The van der Waals surface area contributed by atoms with Gasteiger partial charge in [0.05, 0.1) is 18.0 Å². The fourth-order valence-electron chi connectivity index (χ4n) is 4.05. The quantitative estimate of drug-likeness (QED) is 0.844. The van der Waals surface area contributed by atoms with Crippen LogP contribution in [0, 0.1) is 13.8 Å². The minimum absolute atomic E-state index is 0.0105. The van der Waals surface area contributed by atoms with Crippen molar-refractivity contribution in [1.29, 1.82) is 0 Å². The number of amides is 1. The van der Waals surface area contributed by atoms with Crippen LogP contribution < -0.4 is 10.2 Å². The standard InChI is InChI=1S/C23H30N4O2/c1-17-5-3-7-22(18(17)2)26-10-12-27(13-11-26)23(28)21-9-8-19(15-25-21)24-16-20-6-4-14-29-20/h3,5,7-9,15,20,24H,4,6,10-14,16H2,1-2H3. The number of aromatic nitrogens is 1. The van der Waals surface area contributed by atoms with Crippen LogP contribution in [0.3, 0.4) is 0 Å². The Morgan fingerprint density at radius 2 is 2.00 bits per heavy atom. The van der Waals surface area contributed by atoms with E-state index in [4.69, 9.17) is 4.74 Å². The molecule has 2 saturated heterocycles. The van der Waals surface area contributed by atoms with Crippen molar-refractivity contribution in [3.8, 4) is 0 Å². The first-order valence-corrected chi connectivity index (χ1v) is 10.5. The number of nitrogens with one attached hydrogen (secondary N) is 1. The van der Waals surface area contributed by atoms with Crippen molar-refractivity contribution in [1.82, 2.24) is 9.88 Å². The number of pyridine rings is 1. The number of nitrogens with zero attached hydrogens (tertiary/aromatic N) is 3. The zero-order valence-corrected chi connectivity index (χ0v) is 17.4. The number of anilines is 2. The number of rotatable bonds is 5. The van der Waals surface area contributed by atoms with Gasteiger partial charge in [-0.3, -0.25) is 4.79 Å². The number of carbonyl (C=O) groups excluding carboxylic acids is 1. The smallest absolute Gasteiger partial charge is 0.272 e. The Bertz CT molecular complexity index is 838. The molecule has 0 saturated carbocycles. The first-order chi connectivity index (χ1) is 14.1. The van der Waals surface area contributed by atoms with Crippen LogP contribution >= 0.6 is 0 Å². The third-order valence-electron chi connectivity index (χ3n) is 6.02. The summed E-state index contributed by atoms with van der Waals surface area (Å²) < 4.78 is 5.62. The maximum atomic E-state index is 12.8. The van der Waals surface area contributed by atoms with Crippen molar-refractivity contribution in [3.05, 3.63) is 53.3 Å². The fraction of sp³-hybridized carbons (Fsp3) is 0.478. The topological polar surface area (TPSA) is 57.7 Å². The van der Waals surface area contributed by atoms with Crippen LogP contribution in [-0.4, -0.2) is 61.2 Å². The Morgan fingerprint density at radius 3 is 2.69 bits per heavy atom. The number of aryl methyl sites for hydroxylation is 1. The molecule has 2 aliphatic rings. The van der Waals surface area contributed by atoms with Crippen LogP contribution in [0.25, 0.3) is 0 Å². The van der Waals surface area contributed by atoms with Crippen molar-refractivity contribution in [2.24, 2.45) is 0 Å². The first kappa shape index (κ1) is 19.7. The Morgan fingerprint density at radius 1 is 1.17 bits per heavy atom. The van der Waals surface area contributed by atoms with Crippen LogP contribution in [0.4, 0.5) is 11.4 Å². The van der Waals surface area contributed by atoms with Crippen LogP contribution in [-0.2, 0) is 4.74 Å². The van der Waals surface area contributed by atoms with Gasteiger partial charge in [0.1, 0.15) is 5.69 Å². The Labute approximate surface area is 172 Å². The molecule has 2 aromatic rings. The van der Waals surface area contributed by atoms with Gasteiger partial charge in [-0.25, -0.2) is 4.98 Å². The van der Waals surface area contributed by atoms with Crippen molar-refractivity contribution in [3.63, 3.8) is 0 Å². The molecule has 2 fully saturated rings. The monoisotopic (exact) mass is 394 g/mol. The van der Waals surface area contributed by atoms with Gasteiger partial charge in [-0.1, -0.05) is 12.1 Å². The van der Waals surface area contributed by atoms with Gasteiger partial charge in [-0.05, 0) is 56.0 Å². The maximum Gasteiger partial charge on any atom is 0.272 e. The number of piperazine rings is 1. The lowest BCUT2D eigenvalue weighted by atomic mass is 10.1. The third kappa shape index (κ3) is 4.53. The van der Waals surface area contributed by atoms with E-state index in [-0.39, 0.29) is 12.0 Å². The lowest BCUT2D eigenvalue weighted by Gasteiger charge is -2.37. The van der Waals surface area contributed by atoms with Crippen LogP contribution in [0.15, 0.2) is 36.5 Å². The minimum atomic E-state index is 0.0105. The molecule has 1 N–H and O–H groups in total. The van der Waals surface area contributed by atoms with Gasteiger partial charge in [-0.2, -0.15) is 0 Å². The van der Waals surface area contributed by atoms with Crippen molar-refractivity contribution < 1.29 is 9.53 Å². The second kappa shape index (κ2) is 8.82. The molecule has 1 aromatic heterocycles. The summed E-state index contributed by atoms with van der Waals surface area (Å²) in [6.45, 7) is 9.07. The van der Waals surface area contributed by atoms with E-state index >= 15 is 0 Å². The molecule has 4 rings (SSSR count). The predicted octanol–water partition coefficient (Wildman–Crippen LogP) is 3.25. The van der Waals surface area contributed by atoms with Gasteiger partial charge in [-0.15, -0.1) is 0 Å². The normalized spacial score (nSPS) is 19.4. The molecule has 0 bridgehead atoms. The lowest BCUT2D eigenvalue weighted by Crippen LogP contribution is -2.49. The number of carbonyl (C=O) groups is 1. The summed E-state index contributed by atoms with van der Waals surface area (Å²) >= 11 is 0. The summed E-state index contributed by atoms with van der Waals surface area (Å²) in [5.41, 5.74) is 5.33. The molecule has 3 heterocycles. The second-order valence-corrected chi connectivity index (χ2v) is 7.95. The molecule has 154 valence electrons. The van der Waals surface area contributed by atoms with Crippen molar-refractivity contribution in [2.75, 3.05) is 49.5 Å². The Balaban J connectivity index is 1.31. The number of ether oxygens (including phenoxy) is 1. The molecule has 1 atom stereocenters. The van der Waals surface area contributed by atoms with Gasteiger partial charge in [0.25, 0.3) is 5.91 Å². The average molecular weight is 395 g/mol. The number of hydrogen-bond donors (Lipinski definition) is 1. The van der Waals surface area contributed by atoms with Gasteiger partial charge < -0.3 is 19.9 Å². The second-order valence-electron chi connectivity index (χ2n) is 7.95. The molecular weight excluding hydrogens is 364 g/mol. The fourth-order valence-corrected chi connectivity index (χ4v) is 4.05. The summed E-state index contributed by atoms with van der Waals surface area (Å²) in [6, 6.07) is 10.2. The maximum absolute atomic E-state index is 12.8. The summed E-state index contributed by atoms with van der Waals surface area (Å²) in [4.78, 5) is 21.5. The highest BCUT2D eigenvalue weighted by Crippen LogP contribution is 2.24. The molecule has 6 nitrogen and oxygen atoms in total. The summed E-state index contributed by atoms with van der Waals surface area (Å²) in [6.07, 6.45) is 4.26. The van der Waals surface area contributed by atoms with E-state index in [1.807, 2.05) is 17.0 Å². The van der Waals surface area contributed by atoms with E-state index in [2.05, 4.69) is 47.2 Å². The average Bonchev–Trinajstić information content (AvgIpc) is 3.28. The van der Waals surface area contributed by atoms with Gasteiger partial charge >= 0.3 is 0 Å². The predicted molar refractivity (Wildman–Crippen MR) is 116 cm³/mol. The summed E-state index contributed by atoms with van der Waals surface area (Å²) in [7, 11) is 0. The highest BCUT2D eigenvalue weighted by molar-refractivity contribution is 5.92. The van der Waals surface area contributed by atoms with E-state index in [9.17, 15) is 4.79 Å². The third-order valence-corrected chi connectivity index (χ3v) is 6.02. The van der Waals surface area contributed by atoms with Crippen LogP contribution in [0.5, 0.6) is 0 Å². The largest absolute Gasteiger partial charge is 0.381 e. The van der Waals surface area contributed by atoms with E-state index in [0.717, 1.165) is 44.8 Å². The lowest BCUT2D eigenvalue weighted by molar-refractivity contribution is 0.0741. The molecule has 1 amide bonds. The van der Waals surface area contributed by atoms with E-state index in [1.54, 1.807) is 6.20 Å². The van der Waals surface area contributed by atoms with E-state index in [1.165, 1.54) is 16.8 Å². The van der Waals surface area contributed by atoms with Gasteiger partial charge in [0.2, 0.25) is 0 Å². The van der Waals surface area contributed by atoms with Gasteiger partial charge in [0.15, 0.2) is 0 Å². The van der Waals surface area contributed by atoms with E-state index in [0.29, 0.717) is 18.8 Å². The van der Waals surface area contributed by atoms with Crippen LogP contribution in [0.1, 0.15) is 34.5 Å². The molecular formula is C23H30N4O2. The SMILES string of the molecule is Cc1cccc(N2CCN(C(=O)c3ccc(NCC4CCCO4)cn3)CC2)c1C. The van der Waals surface area contributed by atoms with Crippen LogP contribution in [0.2, 0.25) is 0 Å². The number of benzene rings is 1. The van der Waals surface area contributed by atoms with Crippen molar-refractivity contribution in [2.45, 2.75) is 32.8 Å². The summed E-state index contributed by atoms with van der Waals surface area (Å²) in [5.74, 6) is 0.0105. The zero-order chi connectivity index (χ0) is 20.2. The molecule has 1 aromatic carbocycles. The summed E-state index contributed by atoms with van der Waals surface area (Å²) in [5, 5.41) is 3.35. The molecule has 2 aliphatic heterocycles. The molecule has 1 unspecified atom stereocenters. The number of hydrogen-bond acceptors (Lipinski definition) is 5. The molecule has 0 radical (unpaired) electrons. The van der Waals surface area contributed by atoms with Crippen molar-refractivity contribution >= 4 is 17.3 Å². The minimum Gasteiger partial charge on any atom is -0.381 e. The highest BCUT2D eigenvalue weighted by Gasteiger charge is 2.24. The first-order valence-electron chi connectivity index (χ1n) is 10.5. The molecule has 29 heavy (non-hydrogen) atoms. The van der Waals surface area contributed by atoms with Gasteiger partial charge in [0, 0.05) is 45.0 Å². The molecule has 6 heteroatoms. The Kier molecular flexibility index (Phi) is 6.00. The van der Waals surface area contributed by atoms with E-state index < -0.39 is 0 Å². The Hall–Kier alpha value is -2.60. The molecule has 0 aliphatic carbocycles. The highest BCUT2D eigenvalue weighted by atomic mass is 16.5. The zero-order valence-electron chi connectivity index (χ0n) is 17.4. The molecule has 0 spiro atoms.